The summed E-state index contributed by atoms with van der Waals surface area (Å²) in [6, 6.07) is 14.2. The first-order valence-electron chi connectivity index (χ1n) is 11.4. The molecule has 4 rings (SSSR count). The molecule has 0 aromatic heterocycles. The standard InChI is InChI=1S/C28H24ClNO8/c1-36-21-13-22(37-2)20(29)12-19(21)25(32)23-24(17-5-4-6-18(31)11-17)30(27(34)26(23)33)14-15-7-9-16(10-8-15)28(35)38-3/h4-13,24,31-32H,14H2,1-3H3/b25-23+. The second-order valence-electron chi connectivity index (χ2n) is 8.40. The number of Topliss-reactive ketones (excluding diaryl/α,β-unsaturated/α-hetero) is 1. The molecule has 196 valence electrons. The molecule has 1 saturated heterocycles. The first-order valence-corrected chi connectivity index (χ1v) is 11.7. The van der Waals surface area contributed by atoms with Gasteiger partial charge in [-0.25, -0.2) is 4.79 Å². The Labute approximate surface area is 223 Å². The van der Waals surface area contributed by atoms with Crippen molar-refractivity contribution in [3.63, 3.8) is 0 Å². The molecule has 0 aliphatic carbocycles. The van der Waals surface area contributed by atoms with E-state index in [9.17, 15) is 24.6 Å². The minimum absolute atomic E-state index is 0.0242. The fourth-order valence-electron chi connectivity index (χ4n) is 4.34. The number of ether oxygens (including phenoxy) is 3. The summed E-state index contributed by atoms with van der Waals surface area (Å²) in [6.45, 7) is -0.0242. The highest BCUT2D eigenvalue weighted by molar-refractivity contribution is 6.46. The Morgan fingerprint density at radius 1 is 0.974 bits per heavy atom. The quantitative estimate of drug-likeness (QED) is 0.196. The number of ketones is 1. The van der Waals surface area contributed by atoms with E-state index in [4.69, 9.17) is 25.8 Å². The van der Waals surface area contributed by atoms with E-state index in [0.29, 0.717) is 22.4 Å². The molecule has 3 aromatic rings. The molecule has 38 heavy (non-hydrogen) atoms. The van der Waals surface area contributed by atoms with Crippen LogP contribution in [0.1, 0.15) is 33.1 Å². The third-order valence-corrected chi connectivity index (χ3v) is 6.48. The maximum Gasteiger partial charge on any atom is 0.337 e. The van der Waals surface area contributed by atoms with E-state index in [2.05, 4.69) is 0 Å². The Morgan fingerprint density at radius 3 is 2.26 bits per heavy atom. The van der Waals surface area contributed by atoms with Crippen molar-refractivity contribution >= 4 is 35.0 Å². The van der Waals surface area contributed by atoms with Crippen molar-refractivity contribution < 1.29 is 38.8 Å². The largest absolute Gasteiger partial charge is 0.508 e. The van der Waals surface area contributed by atoms with Gasteiger partial charge in [-0.15, -0.1) is 0 Å². The first-order chi connectivity index (χ1) is 18.2. The van der Waals surface area contributed by atoms with Gasteiger partial charge >= 0.3 is 5.97 Å². The Kier molecular flexibility index (Phi) is 7.59. The van der Waals surface area contributed by atoms with E-state index in [1.807, 2.05) is 0 Å². The Balaban J connectivity index is 1.86. The van der Waals surface area contributed by atoms with Gasteiger partial charge in [0.25, 0.3) is 11.7 Å². The van der Waals surface area contributed by atoms with Gasteiger partial charge in [0.05, 0.1) is 49.1 Å². The highest BCUT2D eigenvalue weighted by atomic mass is 35.5. The summed E-state index contributed by atoms with van der Waals surface area (Å²) in [5.41, 5.74) is 1.23. The number of aromatic hydroxyl groups is 1. The molecule has 3 aromatic carbocycles. The topological polar surface area (TPSA) is 123 Å². The number of aliphatic hydroxyl groups is 1. The normalized spacial score (nSPS) is 16.4. The lowest BCUT2D eigenvalue weighted by atomic mass is 9.94. The third kappa shape index (κ3) is 4.88. The van der Waals surface area contributed by atoms with Crippen molar-refractivity contribution in [1.29, 1.82) is 0 Å². The van der Waals surface area contributed by atoms with E-state index in [0.717, 1.165) is 0 Å². The van der Waals surface area contributed by atoms with Gasteiger partial charge in [-0.2, -0.15) is 0 Å². The molecule has 1 amide bonds. The van der Waals surface area contributed by atoms with Gasteiger partial charge in [-0.1, -0.05) is 35.9 Å². The molecular formula is C28H24ClNO8. The number of likely N-dealkylation sites (tertiary alicyclic amines) is 1. The molecule has 1 atom stereocenters. The van der Waals surface area contributed by atoms with Crippen LogP contribution >= 0.6 is 11.6 Å². The average Bonchev–Trinajstić information content (AvgIpc) is 3.17. The second kappa shape index (κ2) is 10.9. The summed E-state index contributed by atoms with van der Waals surface area (Å²) in [5.74, 6) is -2.40. The number of phenols is 1. The molecule has 0 bridgehead atoms. The Bertz CT molecular complexity index is 1450. The van der Waals surface area contributed by atoms with E-state index >= 15 is 0 Å². The van der Waals surface area contributed by atoms with E-state index in [1.54, 1.807) is 36.4 Å². The van der Waals surface area contributed by atoms with Crippen molar-refractivity contribution in [3.8, 4) is 17.2 Å². The van der Waals surface area contributed by atoms with Crippen LogP contribution in [0.2, 0.25) is 5.02 Å². The minimum atomic E-state index is -1.05. The van der Waals surface area contributed by atoms with E-state index < -0.39 is 29.5 Å². The number of carbonyl (C=O) groups excluding carboxylic acids is 3. The molecule has 0 radical (unpaired) electrons. The van der Waals surface area contributed by atoms with Crippen LogP contribution < -0.4 is 9.47 Å². The number of nitrogens with zero attached hydrogens (tertiary/aromatic N) is 1. The number of methoxy groups -OCH3 is 3. The maximum absolute atomic E-state index is 13.3. The van der Waals surface area contributed by atoms with Gasteiger partial charge < -0.3 is 29.3 Å². The molecule has 0 spiro atoms. The highest BCUT2D eigenvalue weighted by Gasteiger charge is 2.46. The predicted octanol–water partition coefficient (Wildman–Crippen LogP) is 4.47. The SMILES string of the molecule is COC(=O)c1ccc(CN2C(=O)C(=O)/C(=C(/O)c3cc(Cl)c(OC)cc3OC)C2c2cccc(O)c2)cc1. The van der Waals surface area contributed by atoms with Crippen molar-refractivity contribution in [2.24, 2.45) is 0 Å². The zero-order valence-corrected chi connectivity index (χ0v) is 21.5. The van der Waals surface area contributed by atoms with Gasteiger partial charge in [-0.05, 0) is 41.5 Å². The molecule has 1 unspecified atom stereocenters. The van der Waals surface area contributed by atoms with Crippen molar-refractivity contribution in [1.82, 2.24) is 4.90 Å². The number of benzene rings is 3. The summed E-state index contributed by atoms with van der Waals surface area (Å²) in [4.78, 5) is 39.7. The average molecular weight is 538 g/mol. The lowest BCUT2D eigenvalue weighted by Gasteiger charge is -2.26. The van der Waals surface area contributed by atoms with E-state index in [1.165, 1.54) is 50.5 Å². The third-order valence-electron chi connectivity index (χ3n) is 6.18. The molecule has 1 heterocycles. The molecule has 1 fully saturated rings. The first kappa shape index (κ1) is 26.6. The molecule has 1 aliphatic heterocycles. The number of aliphatic hydroxyl groups excluding tert-OH is 1. The predicted molar refractivity (Wildman–Crippen MR) is 138 cm³/mol. The van der Waals surface area contributed by atoms with Crippen molar-refractivity contribution in [2.45, 2.75) is 12.6 Å². The molecule has 9 nitrogen and oxygen atoms in total. The lowest BCUT2D eigenvalue weighted by Crippen LogP contribution is -2.29. The Hall–Kier alpha value is -4.50. The van der Waals surface area contributed by atoms with Gasteiger partial charge in [0, 0.05) is 12.6 Å². The summed E-state index contributed by atoms with van der Waals surface area (Å²) >= 11 is 6.29. The fourth-order valence-corrected chi connectivity index (χ4v) is 4.58. The number of halogens is 1. The zero-order valence-electron chi connectivity index (χ0n) is 20.7. The highest BCUT2D eigenvalue weighted by Crippen LogP contribution is 2.44. The number of carbonyl (C=O) groups is 3. The summed E-state index contributed by atoms with van der Waals surface area (Å²) in [7, 11) is 4.07. The van der Waals surface area contributed by atoms with Crippen LogP contribution in [0, 0.1) is 0 Å². The number of esters is 1. The molecule has 10 heteroatoms. The van der Waals surface area contributed by atoms with Crippen molar-refractivity contribution in [3.05, 3.63) is 93.5 Å². The second-order valence-corrected chi connectivity index (χ2v) is 8.80. The maximum atomic E-state index is 13.3. The number of amides is 1. The number of rotatable bonds is 7. The molecule has 1 aliphatic rings. The van der Waals surface area contributed by atoms with Crippen LogP contribution in [0.15, 0.2) is 66.2 Å². The van der Waals surface area contributed by atoms with E-state index in [-0.39, 0.29) is 34.2 Å². The molecular weight excluding hydrogens is 514 g/mol. The molecule has 0 saturated carbocycles. The number of hydrogen-bond acceptors (Lipinski definition) is 8. The van der Waals surface area contributed by atoms with Crippen molar-refractivity contribution in [2.75, 3.05) is 21.3 Å². The summed E-state index contributed by atoms with van der Waals surface area (Å²) in [5, 5.41) is 21.7. The smallest absolute Gasteiger partial charge is 0.337 e. The van der Waals surface area contributed by atoms with Crippen LogP contribution in [0.5, 0.6) is 17.2 Å². The van der Waals surface area contributed by atoms with Crippen LogP contribution in [-0.4, -0.2) is 54.1 Å². The molecule has 2 N–H and O–H groups in total. The monoisotopic (exact) mass is 537 g/mol. The minimum Gasteiger partial charge on any atom is -0.508 e. The Morgan fingerprint density at radius 2 is 1.66 bits per heavy atom. The lowest BCUT2D eigenvalue weighted by molar-refractivity contribution is -0.140. The van der Waals surface area contributed by atoms with Crippen LogP contribution in [0.25, 0.3) is 5.76 Å². The fraction of sp³-hybridized carbons (Fsp3) is 0.179. The summed E-state index contributed by atoms with van der Waals surface area (Å²) in [6.07, 6.45) is 0. The van der Waals surface area contributed by atoms with Gasteiger partial charge in [0.2, 0.25) is 0 Å². The number of hydrogen-bond donors (Lipinski definition) is 2. The van der Waals surface area contributed by atoms with Crippen LogP contribution in [0.4, 0.5) is 0 Å². The zero-order chi connectivity index (χ0) is 27.6. The van der Waals surface area contributed by atoms with Gasteiger partial charge in [-0.3, -0.25) is 9.59 Å². The van der Waals surface area contributed by atoms with Crippen LogP contribution in [-0.2, 0) is 20.9 Å². The van der Waals surface area contributed by atoms with Gasteiger partial charge in [0.1, 0.15) is 23.0 Å². The van der Waals surface area contributed by atoms with Crippen LogP contribution in [0.3, 0.4) is 0 Å². The number of phenolic OH excluding ortho intramolecular Hbond substituents is 1. The van der Waals surface area contributed by atoms with Gasteiger partial charge in [0.15, 0.2) is 0 Å². The summed E-state index contributed by atoms with van der Waals surface area (Å²) < 4.78 is 15.3.